The largest absolute Gasteiger partial charge is 0.497 e. The van der Waals surface area contributed by atoms with Crippen molar-refractivity contribution in [3.8, 4) is 5.75 Å². The van der Waals surface area contributed by atoms with Gasteiger partial charge >= 0.3 is 0 Å². The van der Waals surface area contributed by atoms with Crippen molar-refractivity contribution in [2.45, 2.75) is 37.5 Å². The maximum atomic E-state index is 13.0. The maximum absolute atomic E-state index is 13.0. The molecular weight excluding hydrogens is 388 g/mol. The lowest BCUT2D eigenvalue weighted by Crippen LogP contribution is -2.43. The van der Waals surface area contributed by atoms with Crippen LogP contribution in [0.4, 0.5) is 5.69 Å². The van der Waals surface area contributed by atoms with Crippen LogP contribution in [0, 0.1) is 5.92 Å². The van der Waals surface area contributed by atoms with Crippen molar-refractivity contribution >= 4 is 21.6 Å². The normalized spacial score (nSPS) is 17.9. The van der Waals surface area contributed by atoms with E-state index < -0.39 is 10.0 Å². The standard InChI is InChI=1S/C22H28N2O4S/c1-16(2)17-6-8-19(9-7-17)23-22(25)18-5-4-14-24(15-18)29(26,27)21-12-10-20(28-3)11-13-21/h6-13,16,18H,4-5,14-15H2,1-3H3,(H,23,25)/t18-/m0/s1. The molecular formula is C22H28N2O4S. The third-order valence-electron chi connectivity index (χ3n) is 5.30. The summed E-state index contributed by atoms with van der Waals surface area (Å²) in [4.78, 5) is 12.9. The molecule has 0 unspecified atom stereocenters. The predicted molar refractivity (Wildman–Crippen MR) is 114 cm³/mol. The molecule has 1 aliphatic heterocycles. The minimum Gasteiger partial charge on any atom is -0.497 e. The topological polar surface area (TPSA) is 75.7 Å². The highest BCUT2D eigenvalue weighted by molar-refractivity contribution is 7.89. The Morgan fingerprint density at radius 2 is 1.76 bits per heavy atom. The summed E-state index contributed by atoms with van der Waals surface area (Å²) in [6, 6.07) is 14.1. The first kappa shape index (κ1) is 21.3. The Hall–Kier alpha value is -2.38. The number of carbonyl (C=O) groups is 1. The fourth-order valence-electron chi connectivity index (χ4n) is 3.47. The van der Waals surface area contributed by atoms with E-state index in [0.717, 1.165) is 5.69 Å². The zero-order valence-corrected chi connectivity index (χ0v) is 17.9. The van der Waals surface area contributed by atoms with Crippen LogP contribution < -0.4 is 10.1 Å². The van der Waals surface area contributed by atoms with E-state index in [-0.39, 0.29) is 23.3 Å². The van der Waals surface area contributed by atoms with Crippen molar-refractivity contribution in [2.24, 2.45) is 5.92 Å². The number of benzene rings is 2. The van der Waals surface area contributed by atoms with Gasteiger partial charge in [0, 0.05) is 18.8 Å². The summed E-state index contributed by atoms with van der Waals surface area (Å²) in [5.74, 6) is 0.511. The molecule has 0 aliphatic carbocycles. The Morgan fingerprint density at radius 3 is 2.34 bits per heavy atom. The zero-order chi connectivity index (χ0) is 21.0. The molecule has 1 saturated heterocycles. The molecule has 7 heteroatoms. The van der Waals surface area contributed by atoms with Crippen molar-refractivity contribution < 1.29 is 17.9 Å². The maximum Gasteiger partial charge on any atom is 0.243 e. The summed E-state index contributed by atoms with van der Waals surface area (Å²) in [5, 5.41) is 2.93. The highest BCUT2D eigenvalue weighted by Crippen LogP contribution is 2.26. The molecule has 29 heavy (non-hydrogen) atoms. The molecule has 1 N–H and O–H groups in total. The summed E-state index contributed by atoms with van der Waals surface area (Å²) in [7, 11) is -2.11. The molecule has 0 saturated carbocycles. The van der Waals surface area contributed by atoms with E-state index >= 15 is 0 Å². The number of amides is 1. The molecule has 0 radical (unpaired) electrons. The summed E-state index contributed by atoms with van der Waals surface area (Å²) < 4.78 is 32.4. The minimum atomic E-state index is -3.64. The average molecular weight is 417 g/mol. The van der Waals surface area contributed by atoms with Gasteiger partial charge in [0.05, 0.1) is 17.9 Å². The quantitative estimate of drug-likeness (QED) is 0.776. The van der Waals surface area contributed by atoms with Gasteiger partial charge in [0.25, 0.3) is 0 Å². The average Bonchev–Trinajstić information content (AvgIpc) is 2.74. The molecule has 0 spiro atoms. The van der Waals surface area contributed by atoms with Gasteiger partial charge in [-0.25, -0.2) is 8.42 Å². The van der Waals surface area contributed by atoms with Crippen molar-refractivity contribution in [3.05, 3.63) is 54.1 Å². The molecule has 1 amide bonds. The van der Waals surface area contributed by atoms with E-state index in [1.807, 2.05) is 24.3 Å². The minimum absolute atomic E-state index is 0.142. The fourth-order valence-corrected chi connectivity index (χ4v) is 4.99. The Labute approximate surface area is 172 Å². The van der Waals surface area contributed by atoms with Crippen LogP contribution in [0.25, 0.3) is 0 Å². The van der Waals surface area contributed by atoms with Crippen molar-refractivity contribution in [1.82, 2.24) is 4.31 Å². The number of methoxy groups -OCH3 is 1. The number of ether oxygens (including phenoxy) is 1. The van der Waals surface area contributed by atoms with Crippen molar-refractivity contribution in [1.29, 1.82) is 0 Å². The molecule has 0 aromatic heterocycles. The monoisotopic (exact) mass is 416 g/mol. The molecule has 0 bridgehead atoms. The molecule has 2 aromatic carbocycles. The van der Waals surface area contributed by atoms with Crippen LogP contribution >= 0.6 is 0 Å². The van der Waals surface area contributed by atoms with Gasteiger partial charge in [-0.2, -0.15) is 4.31 Å². The summed E-state index contributed by atoms with van der Waals surface area (Å²) in [6.07, 6.45) is 1.32. The number of nitrogens with zero attached hydrogens (tertiary/aromatic N) is 1. The SMILES string of the molecule is COc1ccc(S(=O)(=O)N2CCC[C@H](C(=O)Nc3ccc(C(C)C)cc3)C2)cc1. The van der Waals surface area contributed by atoms with Crippen LogP contribution in [0.2, 0.25) is 0 Å². The van der Waals surface area contributed by atoms with E-state index in [9.17, 15) is 13.2 Å². The smallest absolute Gasteiger partial charge is 0.243 e. The first-order chi connectivity index (χ1) is 13.8. The summed E-state index contributed by atoms with van der Waals surface area (Å²) in [6.45, 7) is 4.84. The summed E-state index contributed by atoms with van der Waals surface area (Å²) >= 11 is 0. The van der Waals surface area contributed by atoms with Gasteiger partial charge in [-0.1, -0.05) is 26.0 Å². The Balaban J connectivity index is 1.68. The van der Waals surface area contributed by atoms with Gasteiger partial charge in [0.1, 0.15) is 5.75 Å². The second-order valence-corrected chi connectivity index (χ2v) is 9.58. The third kappa shape index (κ3) is 4.97. The van der Waals surface area contributed by atoms with E-state index in [1.54, 1.807) is 12.1 Å². The number of piperidine rings is 1. The lowest BCUT2D eigenvalue weighted by atomic mass is 9.98. The molecule has 1 aliphatic rings. The fraction of sp³-hybridized carbons (Fsp3) is 0.409. The first-order valence-electron chi connectivity index (χ1n) is 9.86. The molecule has 156 valence electrons. The Morgan fingerprint density at radius 1 is 1.10 bits per heavy atom. The number of nitrogens with one attached hydrogen (secondary N) is 1. The number of hydrogen-bond donors (Lipinski definition) is 1. The Kier molecular flexibility index (Phi) is 6.59. The number of hydrogen-bond acceptors (Lipinski definition) is 4. The van der Waals surface area contributed by atoms with E-state index in [1.165, 1.54) is 29.1 Å². The van der Waals surface area contributed by atoms with E-state index in [4.69, 9.17) is 4.74 Å². The molecule has 2 aromatic rings. The highest BCUT2D eigenvalue weighted by Gasteiger charge is 2.33. The highest BCUT2D eigenvalue weighted by atomic mass is 32.2. The lowest BCUT2D eigenvalue weighted by molar-refractivity contribution is -0.120. The van der Waals surface area contributed by atoms with Gasteiger partial charge < -0.3 is 10.1 Å². The number of anilines is 1. The van der Waals surface area contributed by atoms with Gasteiger partial charge in [-0.05, 0) is 60.7 Å². The lowest BCUT2D eigenvalue weighted by Gasteiger charge is -2.31. The van der Waals surface area contributed by atoms with Crippen LogP contribution in [-0.4, -0.2) is 38.8 Å². The predicted octanol–water partition coefficient (Wildman–Crippen LogP) is 3.86. The number of sulfonamides is 1. The van der Waals surface area contributed by atoms with Crippen molar-refractivity contribution in [3.63, 3.8) is 0 Å². The second-order valence-electron chi connectivity index (χ2n) is 7.64. The van der Waals surface area contributed by atoms with Crippen LogP contribution in [0.15, 0.2) is 53.4 Å². The third-order valence-corrected chi connectivity index (χ3v) is 7.18. The van der Waals surface area contributed by atoms with Crippen LogP contribution in [0.5, 0.6) is 5.75 Å². The van der Waals surface area contributed by atoms with Crippen LogP contribution in [-0.2, 0) is 14.8 Å². The van der Waals surface area contributed by atoms with Crippen LogP contribution in [0.3, 0.4) is 0 Å². The van der Waals surface area contributed by atoms with Crippen molar-refractivity contribution in [2.75, 3.05) is 25.5 Å². The van der Waals surface area contributed by atoms with E-state index in [0.29, 0.717) is 31.1 Å². The van der Waals surface area contributed by atoms with Gasteiger partial charge in [0.2, 0.25) is 15.9 Å². The second kappa shape index (κ2) is 8.97. The number of carbonyl (C=O) groups excluding carboxylic acids is 1. The molecule has 1 heterocycles. The molecule has 1 fully saturated rings. The molecule has 6 nitrogen and oxygen atoms in total. The molecule has 1 atom stereocenters. The zero-order valence-electron chi connectivity index (χ0n) is 17.1. The van der Waals surface area contributed by atoms with E-state index in [2.05, 4.69) is 19.2 Å². The van der Waals surface area contributed by atoms with Gasteiger partial charge in [0.15, 0.2) is 0 Å². The van der Waals surface area contributed by atoms with Crippen LogP contribution in [0.1, 0.15) is 38.2 Å². The van der Waals surface area contributed by atoms with Gasteiger partial charge in [-0.15, -0.1) is 0 Å². The first-order valence-corrected chi connectivity index (χ1v) is 11.3. The Bertz CT molecular complexity index is 938. The molecule has 3 rings (SSSR count). The number of rotatable bonds is 6. The van der Waals surface area contributed by atoms with Gasteiger partial charge in [-0.3, -0.25) is 4.79 Å². The summed E-state index contributed by atoms with van der Waals surface area (Å²) in [5.41, 5.74) is 1.94.